The molecule has 1 amide bonds. The van der Waals surface area contributed by atoms with Crippen LogP contribution in [0, 0.1) is 0 Å². The third-order valence-corrected chi connectivity index (χ3v) is 6.73. The molecule has 3 aromatic heterocycles. The number of aryl methyl sites for hydroxylation is 3. The van der Waals surface area contributed by atoms with Crippen molar-refractivity contribution < 1.29 is 14.7 Å². The molecule has 4 rings (SSSR count). The lowest BCUT2D eigenvalue weighted by atomic mass is 10.1. The number of aromatic nitrogens is 5. The van der Waals surface area contributed by atoms with E-state index in [1.165, 1.54) is 11.9 Å². The Morgan fingerprint density at radius 3 is 2.84 bits per heavy atom. The molecule has 0 spiro atoms. The monoisotopic (exact) mass is 523 g/mol. The van der Waals surface area contributed by atoms with Gasteiger partial charge in [0.1, 0.15) is 23.7 Å². The van der Waals surface area contributed by atoms with Gasteiger partial charge in [0.2, 0.25) is 5.91 Å². The summed E-state index contributed by atoms with van der Waals surface area (Å²) < 4.78 is 1.62. The van der Waals surface area contributed by atoms with Gasteiger partial charge in [0, 0.05) is 39.9 Å². The van der Waals surface area contributed by atoms with Gasteiger partial charge in [0.05, 0.1) is 12.7 Å². The molecule has 0 bridgehead atoms. The highest BCUT2D eigenvalue weighted by atomic mass is 16.4. The minimum atomic E-state index is -0.987. The van der Waals surface area contributed by atoms with Crippen LogP contribution in [0.2, 0.25) is 0 Å². The van der Waals surface area contributed by atoms with Crippen LogP contribution in [0.4, 0.5) is 11.6 Å². The van der Waals surface area contributed by atoms with Crippen LogP contribution in [0.15, 0.2) is 24.7 Å². The van der Waals surface area contributed by atoms with E-state index in [9.17, 15) is 14.7 Å². The molecule has 1 aliphatic rings. The van der Waals surface area contributed by atoms with Crippen molar-refractivity contribution in [3.8, 4) is 0 Å². The van der Waals surface area contributed by atoms with Crippen molar-refractivity contribution in [3.63, 3.8) is 0 Å². The van der Waals surface area contributed by atoms with E-state index >= 15 is 0 Å². The highest BCUT2D eigenvalue weighted by Gasteiger charge is 2.22. The Morgan fingerprint density at radius 1 is 1.21 bits per heavy atom. The Labute approximate surface area is 222 Å². The molecule has 12 heteroatoms. The smallest absolute Gasteiger partial charge is 0.326 e. The molecule has 0 radical (unpaired) electrons. The number of likely N-dealkylation sites (N-methyl/N-ethyl adjacent to an activating group) is 1. The van der Waals surface area contributed by atoms with Crippen LogP contribution in [0.5, 0.6) is 0 Å². The molecule has 1 aliphatic heterocycles. The number of hydrogen-bond donors (Lipinski definition) is 3. The van der Waals surface area contributed by atoms with Gasteiger partial charge >= 0.3 is 5.97 Å². The SMILES string of the molecule is CN(C)C(=O)CN(CCCCc1ccc2c(n1)NCCC2)CCC(Nc1ncnc2cn(C)nc12)C(=O)O. The summed E-state index contributed by atoms with van der Waals surface area (Å²) in [6.45, 7) is 2.33. The molecule has 0 saturated carbocycles. The maximum absolute atomic E-state index is 12.5. The third kappa shape index (κ3) is 7.15. The molecule has 0 saturated heterocycles. The van der Waals surface area contributed by atoms with Gasteiger partial charge in [-0.3, -0.25) is 14.4 Å². The first kappa shape index (κ1) is 27.2. The lowest BCUT2D eigenvalue weighted by Gasteiger charge is -2.25. The number of amides is 1. The van der Waals surface area contributed by atoms with Crippen molar-refractivity contribution in [3.05, 3.63) is 35.9 Å². The van der Waals surface area contributed by atoms with Crippen LogP contribution in [0.1, 0.15) is 36.9 Å². The van der Waals surface area contributed by atoms with Crippen molar-refractivity contribution in [1.29, 1.82) is 0 Å². The maximum atomic E-state index is 12.5. The van der Waals surface area contributed by atoms with Gasteiger partial charge < -0.3 is 20.6 Å². The number of carbonyl (C=O) groups is 2. The average Bonchev–Trinajstić information content (AvgIpc) is 3.29. The Bertz CT molecular complexity index is 1260. The second-order valence-corrected chi connectivity index (χ2v) is 9.94. The van der Waals surface area contributed by atoms with E-state index in [4.69, 9.17) is 4.98 Å². The van der Waals surface area contributed by atoms with Gasteiger partial charge in [0.15, 0.2) is 11.3 Å². The molecule has 0 aliphatic carbocycles. The highest BCUT2D eigenvalue weighted by molar-refractivity contribution is 5.87. The summed E-state index contributed by atoms with van der Waals surface area (Å²) in [4.78, 5) is 41.3. The van der Waals surface area contributed by atoms with E-state index in [1.54, 1.807) is 36.9 Å². The molecule has 3 N–H and O–H groups in total. The molecular weight excluding hydrogens is 486 g/mol. The maximum Gasteiger partial charge on any atom is 0.326 e. The van der Waals surface area contributed by atoms with Crippen LogP contribution in [-0.4, -0.2) is 97.8 Å². The number of rotatable bonds is 13. The lowest BCUT2D eigenvalue weighted by Crippen LogP contribution is -2.40. The van der Waals surface area contributed by atoms with Crippen molar-refractivity contribution in [2.24, 2.45) is 7.05 Å². The Hall–Kier alpha value is -3.80. The van der Waals surface area contributed by atoms with Crippen LogP contribution >= 0.6 is 0 Å². The number of hydrogen-bond acceptors (Lipinski definition) is 9. The fraction of sp³-hybridized carbons (Fsp3) is 0.538. The van der Waals surface area contributed by atoms with Crippen LogP contribution in [0.3, 0.4) is 0 Å². The fourth-order valence-electron chi connectivity index (χ4n) is 4.54. The summed E-state index contributed by atoms with van der Waals surface area (Å²) in [7, 11) is 5.23. The number of carbonyl (C=O) groups excluding carboxylic acids is 1. The first-order valence-electron chi connectivity index (χ1n) is 13.1. The quantitative estimate of drug-likeness (QED) is 0.284. The van der Waals surface area contributed by atoms with Gasteiger partial charge in [0.25, 0.3) is 0 Å². The minimum Gasteiger partial charge on any atom is -0.480 e. The zero-order valence-corrected chi connectivity index (χ0v) is 22.4. The second kappa shape index (κ2) is 12.6. The van der Waals surface area contributed by atoms with Gasteiger partial charge in [-0.2, -0.15) is 5.10 Å². The summed E-state index contributed by atoms with van der Waals surface area (Å²) in [5.74, 6) is 0.383. The van der Waals surface area contributed by atoms with Crippen molar-refractivity contribution in [1.82, 2.24) is 34.5 Å². The predicted molar refractivity (Wildman–Crippen MR) is 145 cm³/mol. The van der Waals surface area contributed by atoms with Gasteiger partial charge in [-0.05, 0) is 56.7 Å². The summed E-state index contributed by atoms with van der Waals surface area (Å²) in [5.41, 5.74) is 3.50. The van der Waals surface area contributed by atoms with E-state index in [0.717, 1.165) is 50.2 Å². The number of carboxylic acid groups (broad SMARTS) is 1. The Kier molecular flexibility index (Phi) is 9.06. The number of anilines is 2. The number of nitrogens with zero attached hydrogens (tertiary/aromatic N) is 7. The zero-order chi connectivity index (χ0) is 27.1. The van der Waals surface area contributed by atoms with Crippen molar-refractivity contribution in [2.45, 2.75) is 44.6 Å². The van der Waals surface area contributed by atoms with Crippen LogP contribution in [-0.2, 0) is 29.5 Å². The molecule has 1 unspecified atom stereocenters. The van der Waals surface area contributed by atoms with Gasteiger partial charge in [-0.15, -0.1) is 0 Å². The first-order chi connectivity index (χ1) is 18.3. The largest absolute Gasteiger partial charge is 0.480 e. The van der Waals surface area contributed by atoms with E-state index in [2.05, 4.69) is 37.8 Å². The third-order valence-electron chi connectivity index (χ3n) is 6.73. The summed E-state index contributed by atoms with van der Waals surface area (Å²) >= 11 is 0. The van der Waals surface area contributed by atoms with E-state index in [1.807, 2.05) is 4.90 Å². The number of fused-ring (bicyclic) bond motifs is 2. The molecule has 4 heterocycles. The molecule has 38 heavy (non-hydrogen) atoms. The lowest BCUT2D eigenvalue weighted by molar-refractivity contribution is -0.138. The molecule has 204 valence electrons. The van der Waals surface area contributed by atoms with E-state index in [-0.39, 0.29) is 12.5 Å². The molecule has 12 nitrogen and oxygen atoms in total. The van der Waals surface area contributed by atoms with E-state index in [0.29, 0.717) is 36.4 Å². The van der Waals surface area contributed by atoms with Gasteiger partial charge in [-0.25, -0.2) is 19.7 Å². The number of nitrogens with one attached hydrogen (secondary N) is 2. The topological polar surface area (TPSA) is 141 Å². The minimum absolute atomic E-state index is 0.0155. The number of carboxylic acids is 1. The molecule has 0 fully saturated rings. The Balaban J connectivity index is 1.34. The standard InChI is InChI=1S/C26H37N9O3/c1-33(2)22(36)16-35(13-5-4-8-19-10-9-18-7-6-12-27-24(18)30-19)14-11-20(26(37)38)31-25-23-21(28-17-29-25)15-34(3)32-23/h9-10,15,17,20H,4-8,11-14,16H2,1-3H3,(H,27,30)(H,37,38)(H,28,29,31). The average molecular weight is 524 g/mol. The predicted octanol–water partition coefficient (Wildman–Crippen LogP) is 1.78. The second-order valence-electron chi connectivity index (χ2n) is 9.94. The summed E-state index contributed by atoms with van der Waals surface area (Å²) in [5, 5.41) is 20.6. The van der Waals surface area contributed by atoms with E-state index < -0.39 is 12.0 Å². The summed E-state index contributed by atoms with van der Waals surface area (Å²) in [6, 6.07) is 3.38. The van der Waals surface area contributed by atoms with Crippen molar-refractivity contribution >= 4 is 34.5 Å². The Morgan fingerprint density at radius 2 is 2.05 bits per heavy atom. The molecule has 1 atom stereocenters. The molecule has 3 aromatic rings. The first-order valence-corrected chi connectivity index (χ1v) is 13.1. The number of aliphatic carboxylic acids is 1. The zero-order valence-electron chi connectivity index (χ0n) is 22.4. The fourth-order valence-corrected chi connectivity index (χ4v) is 4.54. The summed E-state index contributed by atoms with van der Waals surface area (Å²) in [6.07, 6.45) is 8.31. The molecular formula is C26H37N9O3. The van der Waals surface area contributed by atoms with Crippen LogP contribution < -0.4 is 10.6 Å². The normalized spacial score (nSPS) is 13.7. The number of pyridine rings is 1. The highest BCUT2D eigenvalue weighted by Crippen LogP contribution is 2.21. The van der Waals surface area contributed by atoms with Crippen LogP contribution in [0.25, 0.3) is 11.0 Å². The number of unbranched alkanes of at least 4 members (excludes halogenated alkanes) is 1. The van der Waals surface area contributed by atoms with Crippen molar-refractivity contribution in [2.75, 3.05) is 50.9 Å². The van der Waals surface area contributed by atoms with Gasteiger partial charge in [-0.1, -0.05) is 6.07 Å². The molecule has 0 aromatic carbocycles.